The van der Waals surface area contributed by atoms with Crippen molar-refractivity contribution in [2.75, 3.05) is 24.6 Å². The highest BCUT2D eigenvalue weighted by molar-refractivity contribution is 7.09. The second kappa shape index (κ2) is 5.34. The summed E-state index contributed by atoms with van der Waals surface area (Å²) < 4.78 is 12.2. The van der Waals surface area contributed by atoms with E-state index in [1.807, 2.05) is 11.6 Å². The van der Waals surface area contributed by atoms with E-state index in [9.17, 15) is 0 Å². The predicted octanol–water partition coefficient (Wildman–Crippen LogP) is 1.54. The Labute approximate surface area is 128 Å². The lowest BCUT2D eigenvalue weighted by molar-refractivity contribution is 0.0321. The van der Waals surface area contributed by atoms with E-state index in [1.165, 1.54) is 11.5 Å². The molecule has 1 aliphatic rings. The summed E-state index contributed by atoms with van der Waals surface area (Å²) in [6.45, 7) is 8.59. The molecule has 1 saturated heterocycles. The van der Waals surface area contributed by atoms with Crippen molar-refractivity contribution >= 4 is 16.7 Å². The van der Waals surface area contributed by atoms with Crippen LogP contribution in [0.5, 0.6) is 0 Å². The van der Waals surface area contributed by atoms with Crippen LogP contribution in [0.2, 0.25) is 0 Å². The fraction of sp³-hybridized carbons (Fsp3) is 0.692. The molecule has 2 aromatic heterocycles. The Morgan fingerprint density at radius 1 is 1.38 bits per heavy atom. The summed E-state index contributed by atoms with van der Waals surface area (Å²) in [7, 11) is 1.93. The zero-order valence-corrected chi connectivity index (χ0v) is 13.6. The van der Waals surface area contributed by atoms with Gasteiger partial charge in [0.2, 0.25) is 5.13 Å². The van der Waals surface area contributed by atoms with Gasteiger partial charge in [-0.1, -0.05) is 20.8 Å². The zero-order valence-electron chi connectivity index (χ0n) is 12.8. The van der Waals surface area contributed by atoms with Crippen molar-refractivity contribution in [2.24, 2.45) is 7.05 Å². The Balaban J connectivity index is 1.77. The van der Waals surface area contributed by atoms with Gasteiger partial charge in [-0.15, -0.1) is 10.2 Å². The molecule has 114 valence electrons. The number of aromatic nitrogens is 5. The second-order valence-corrected chi connectivity index (χ2v) is 6.99. The average Bonchev–Trinajstić information content (AvgIpc) is 3.06. The van der Waals surface area contributed by atoms with Crippen molar-refractivity contribution in [2.45, 2.75) is 32.3 Å². The summed E-state index contributed by atoms with van der Waals surface area (Å²) in [4.78, 5) is 6.90. The molecular formula is C13H20N6OS. The maximum absolute atomic E-state index is 5.82. The van der Waals surface area contributed by atoms with E-state index in [0.29, 0.717) is 6.61 Å². The van der Waals surface area contributed by atoms with Gasteiger partial charge in [-0.25, -0.2) is 4.98 Å². The highest BCUT2D eigenvalue weighted by Crippen LogP contribution is 2.29. The van der Waals surface area contributed by atoms with Crippen molar-refractivity contribution in [3.63, 3.8) is 0 Å². The lowest BCUT2D eigenvalue weighted by atomic mass is 9.96. The van der Waals surface area contributed by atoms with Gasteiger partial charge in [0.1, 0.15) is 18.3 Å². The molecule has 0 saturated carbocycles. The van der Waals surface area contributed by atoms with Gasteiger partial charge in [0.25, 0.3) is 0 Å². The summed E-state index contributed by atoms with van der Waals surface area (Å²) >= 11 is 1.45. The van der Waals surface area contributed by atoms with Gasteiger partial charge >= 0.3 is 0 Å². The molecule has 0 N–H and O–H groups in total. The van der Waals surface area contributed by atoms with Gasteiger partial charge in [0.15, 0.2) is 5.82 Å². The quantitative estimate of drug-likeness (QED) is 0.838. The minimum atomic E-state index is -0.0757. The summed E-state index contributed by atoms with van der Waals surface area (Å²) in [5.41, 5.74) is -0.0238. The summed E-state index contributed by atoms with van der Waals surface area (Å²) in [5.74, 6) is 1.74. The van der Waals surface area contributed by atoms with E-state index in [4.69, 9.17) is 4.74 Å². The van der Waals surface area contributed by atoms with Gasteiger partial charge in [-0.2, -0.15) is 4.37 Å². The molecule has 3 heterocycles. The molecular weight excluding hydrogens is 288 g/mol. The van der Waals surface area contributed by atoms with Crippen LogP contribution < -0.4 is 4.90 Å². The van der Waals surface area contributed by atoms with Crippen molar-refractivity contribution in [1.29, 1.82) is 0 Å². The van der Waals surface area contributed by atoms with Gasteiger partial charge in [-0.3, -0.25) is 0 Å². The van der Waals surface area contributed by atoms with Crippen LogP contribution in [0.3, 0.4) is 0 Å². The van der Waals surface area contributed by atoms with E-state index in [-0.39, 0.29) is 11.5 Å². The normalized spacial score (nSPS) is 20.0. The molecule has 1 unspecified atom stereocenters. The third kappa shape index (κ3) is 2.91. The van der Waals surface area contributed by atoms with Crippen molar-refractivity contribution in [3.8, 4) is 0 Å². The van der Waals surface area contributed by atoms with Gasteiger partial charge in [0.05, 0.1) is 13.2 Å². The first-order valence-corrected chi connectivity index (χ1v) is 7.77. The summed E-state index contributed by atoms with van der Waals surface area (Å²) in [6.07, 6.45) is 1.62. The van der Waals surface area contributed by atoms with Crippen LogP contribution in [0.4, 0.5) is 5.13 Å². The molecule has 8 heteroatoms. The molecule has 0 bridgehead atoms. The number of hydrogen-bond donors (Lipinski definition) is 0. The van der Waals surface area contributed by atoms with Crippen molar-refractivity contribution in [1.82, 2.24) is 24.1 Å². The van der Waals surface area contributed by atoms with Crippen LogP contribution in [-0.4, -0.2) is 43.8 Å². The Hall–Kier alpha value is -1.54. The lowest BCUT2D eigenvalue weighted by Crippen LogP contribution is -2.39. The lowest BCUT2D eigenvalue weighted by Gasteiger charge is -2.31. The Bertz CT molecular complexity index is 616. The predicted molar refractivity (Wildman–Crippen MR) is 80.5 cm³/mol. The van der Waals surface area contributed by atoms with E-state index in [0.717, 1.165) is 29.9 Å². The van der Waals surface area contributed by atoms with Gasteiger partial charge in [0, 0.05) is 30.5 Å². The monoisotopic (exact) mass is 308 g/mol. The molecule has 1 aliphatic heterocycles. The third-order valence-electron chi connectivity index (χ3n) is 3.46. The topological polar surface area (TPSA) is 69.0 Å². The van der Waals surface area contributed by atoms with Gasteiger partial charge in [-0.05, 0) is 0 Å². The van der Waals surface area contributed by atoms with Crippen LogP contribution in [0.15, 0.2) is 6.33 Å². The number of nitrogens with zero attached hydrogens (tertiary/aromatic N) is 6. The standard InChI is InChI=1S/C13H20N6OS/c1-13(2,3)11-15-12(21-17-11)19-5-6-20-9(7-19)10-16-14-8-18(10)4/h8-9H,5-7H2,1-4H3. The molecule has 0 amide bonds. The SMILES string of the molecule is Cn1cnnc1C1CN(c2nc(C(C)(C)C)ns2)CCO1. The summed E-state index contributed by atoms with van der Waals surface area (Å²) in [6, 6.07) is 0. The van der Waals surface area contributed by atoms with Crippen LogP contribution in [-0.2, 0) is 17.2 Å². The Morgan fingerprint density at radius 2 is 2.19 bits per heavy atom. The van der Waals surface area contributed by atoms with E-state index >= 15 is 0 Å². The zero-order chi connectivity index (χ0) is 15.0. The molecule has 2 aromatic rings. The minimum absolute atomic E-state index is 0.0238. The molecule has 0 aliphatic carbocycles. The highest BCUT2D eigenvalue weighted by Gasteiger charge is 2.28. The van der Waals surface area contributed by atoms with Crippen LogP contribution in [0.1, 0.15) is 38.5 Å². The number of morpholine rings is 1. The molecule has 0 radical (unpaired) electrons. The molecule has 1 atom stereocenters. The first kappa shape index (κ1) is 14.4. The molecule has 3 rings (SSSR count). The van der Waals surface area contributed by atoms with Crippen LogP contribution >= 0.6 is 11.5 Å². The maximum atomic E-state index is 5.82. The maximum Gasteiger partial charge on any atom is 0.205 e. The van der Waals surface area contributed by atoms with E-state index in [2.05, 4.69) is 45.2 Å². The molecule has 7 nitrogen and oxygen atoms in total. The van der Waals surface area contributed by atoms with Crippen molar-refractivity contribution in [3.05, 3.63) is 18.0 Å². The Kier molecular flexibility index (Phi) is 3.66. The fourth-order valence-corrected chi connectivity index (χ4v) is 3.10. The number of anilines is 1. The van der Waals surface area contributed by atoms with Gasteiger partial charge < -0.3 is 14.2 Å². The second-order valence-electron chi connectivity index (χ2n) is 6.26. The fourth-order valence-electron chi connectivity index (χ4n) is 2.21. The van der Waals surface area contributed by atoms with E-state index < -0.39 is 0 Å². The molecule has 1 fully saturated rings. The van der Waals surface area contributed by atoms with E-state index in [1.54, 1.807) is 6.33 Å². The number of ether oxygens (including phenoxy) is 1. The largest absolute Gasteiger partial charge is 0.366 e. The van der Waals surface area contributed by atoms with Crippen LogP contribution in [0, 0.1) is 0 Å². The van der Waals surface area contributed by atoms with Crippen LogP contribution in [0.25, 0.3) is 0 Å². The highest BCUT2D eigenvalue weighted by atomic mass is 32.1. The minimum Gasteiger partial charge on any atom is -0.366 e. The average molecular weight is 308 g/mol. The molecule has 0 spiro atoms. The molecule has 21 heavy (non-hydrogen) atoms. The number of hydrogen-bond acceptors (Lipinski definition) is 7. The third-order valence-corrected chi connectivity index (χ3v) is 4.23. The first-order valence-electron chi connectivity index (χ1n) is 7.00. The first-order chi connectivity index (χ1) is 9.95. The summed E-state index contributed by atoms with van der Waals surface area (Å²) in [5, 5.41) is 9.01. The smallest absolute Gasteiger partial charge is 0.205 e. The molecule has 0 aromatic carbocycles. The van der Waals surface area contributed by atoms with Crippen molar-refractivity contribution < 1.29 is 4.74 Å². The Morgan fingerprint density at radius 3 is 2.81 bits per heavy atom. The number of aryl methyl sites for hydroxylation is 1. The number of rotatable bonds is 2.